The number of nitrogens with zero attached hydrogens (tertiary/aromatic N) is 3. The normalized spacial score (nSPS) is 10.9. The molecule has 2 aromatic heterocycles. The molecule has 0 fully saturated rings. The average Bonchev–Trinajstić information content (AvgIpc) is 3.17. The molecule has 40 heavy (non-hydrogen) atoms. The monoisotopic (exact) mass is 546 g/mol. The van der Waals surface area contributed by atoms with Crippen LogP contribution >= 0.6 is 0 Å². The van der Waals surface area contributed by atoms with Crippen molar-refractivity contribution >= 4 is 22.5 Å². The zero-order valence-electron chi connectivity index (χ0n) is 22.0. The SMILES string of the molecule is COc1cc2nccc(Oc3ccc(NC(=O)c4c(C)n(C)n(-c5ccc(F)cc5)c4=O)cc3F)c2cc1OC. The summed E-state index contributed by atoms with van der Waals surface area (Å²) in [6.45, 7) is 1.61. The summed E-state index contributed by atoms with van der Waals surface area (Å²) in [5, 5.41) is 3.15. The first-order valence-corrected chi connectivity index (χ1v) is 12.1. The first-order valence-electron chi connectivity index (χ1n) is 12.1. The van der Waals surface area contributed by atoms with Crippen molar-refractivity contribution in [1.29, 1.82) is 0 Å². The number of fused-ring (bicyclic) bond motifs is 1. The van der Waals surface area contributed by atoms with Crippen LogP contribution in [0.2, 0.25) is 0 Å². The molecule has 2 heterocycles. The number of amides is 1. The molecule has 0 saturated carbocycles. The smallest absolute Gasteiger partial charge is 0.284 e. The summed E-state index contributed by atoms with van der Waals surface area (Å²) in [5.41, 5.74) is 0.731. The van der Waals surface area contributed by atoms with Gasteiger partial charge in [0, 0.05) is 36.5 Å². The lowest BCUT2D eigenvalue weighted by molar-refractivity contribution is 0.102. The summed E-state index contributed by atoms with van der Waals surface area (Å²) in [5.74, 6) is -0.708. The number of hydrogen-bond donors (Lipinski definition) is 1. The molecule has 11 heteroatoms. The summed E-state index contributed by atoms with van der Waals surface area (Å²) < 4.78 is 47.7. The third kappa shape index (κ3) is 4.73. The van der Waals surface area contributed by atoms with Crippen molar-refractivity contribution in [3.63, 3.8) is 0 Å². The predicted molar refractivity (Wildman–Crippen MR) is 145 cm³/mol. The number of aromatic nitrogens is 3. The minimum absolute atomic E-state index is 0.0881. The van der Waals surface area contributed by atoms with Crippen LogP contribution in [0.1, 0.15) is 16.1 Å². The first kappa shape index (κ1) is 26.4. The van der Waals surface area contributed by atoms with Crippen LogP contribution in [0.4, 0.5) is 14.5 Å². The van der Waals surface area contributed by atoms with Crippen LogP contribution in [0.15, 0.2) is 71.7 Å². The topological polar surface area (TPSA) is 96.6 Å². The molecule has 0 aliphatic carbocycles. The van der Waals surface area contributed by atoms with Crippen molar-refractivity contribution < 1.29 is 27.8 Å². The fraction of sp³-hybridized carbons (Fsp3) is 0.138. The van der Waals surface area contributed by atoms with Gasteiger partial charge in [0.25, 0.3) is 11.5 Å². The number of methoxy groups -OCH3 is 2. The second kappa shape index (κ2) is 10.5. The van der Waals surface area contributed by atoms with E-state index in [2.05, 4.69) is 10.3 Å². The molecule has 9 nitrogen and oxygen atoms in total. The minimum atomic E-state index is -0.739. The number of pyridine rings is 1. The number of rotatable bonds is 7. The van der Waals surface area contributed by atoms with Crippen LogP contribution in [0.25, 0.3) is 16.6 Å². The second-order valence-electron chi connectivity index (χ2n) is 8.81. The van der Waals surface area contributed by atoms with Crippen LogP contribution in [-0.2, 0) is 7.05 Å². The maximum Gasteiger partial charge on any atom is 0.284 e. The zero-order chi connectivity index (χ0) is 28.6. The Morgan fingerprint density at radius 3 is 2.27 bits per heavy atom. The standard InChI is InChI=1S/C29H24F2N4O5/c1-16-27(29(37)35(34(16)2)19-8-5-17(30)6-9-19)28(36)33-18-7-10-24(21(31)13-18)40-23-11-12-32-22-15-26(39-4)25(38-3)14-20(22)23/h5-15H,1-4H3,(H,33,36). The lowest BCUT2D eigenvalue weighted by Crippen LogP contribution is -2.25. The van der Waals surface area contributed by atoms with Crippen LogP contribution in [0.5, 0.6) is 23.0 Å². The van der Waals surface area contributed by atoms with Gasteiger partial charge in [-0.3, -0.25) is 19.3 Å². The van der Waals surface area contributed by atoms with E-state index >= 15 is 4.39 Å². The molecule has 0 spiro atoms. The maximum atomic E-state index is 15.1. The average molecular weight is 547 g/mol. The van der Waals surface area contributed by atoms with E-state index in [4.69, 9.17) is 14.2 Å². The molecule has 0 aliphatic rings. The van der Waals surface area contributed by atoms with Crippen molar-refractivity contribution in [3.8, 4) is 28.7 Å². The Morgan fingerprint density at radius 1 is 0.900 bits per heavy atom. The van der Waals surface area contributed by atoms with E-state index in [1.165, 1.54) is 66.2 Å². The summed E-state index contributed by atoms with van der Waals surface area (Å²) in [7, 11) is 4.62. The van der Waals surface area contributed by atoms with Crippen LogP contribution < -0.4 is 25.1 Å². The van der Waals surface area contributed by atoms with E-state index < -0.39 is 23.1 Å². The number of anilines is 1. The Hall–Kier alpha value is -5.19. The van der Waals surface area contributed by atoms with Gasteiger partial charge >= 0.3 is 0 Å². The molecule has 204 valence electrons. The maximum absolute atomic E-state index is 15.1. The van der Waals surface area contributed by atoms with Gasteiger partial charge in [-0.25, -0.2) is 13.5 Å². The fourth-order valence-electron chi connectivity index (χ4n) is 4.35. The van der Waals surface area contributed by atoms with Gasteiger partial charge in [-0.2, -0.15) is 0 Å². The molecular formula is C29H24F2N4O5. The third-order valence-electron chi connectivity index (χ3n) is 6.47. The highest BCUT2D eigenvalue weighted by Gasteiger charge is 2.23. The molecule has 0 atom stereocenters. The van der Waals surface area contributed by atoms with E-state index in [9.17, 15) is 14.0 Å². The lowest BCUT2D eigenvalue weighted by atomic mass is 10.1. The highest BCUT2D eigenvalue weighted by atomic mass is 19.1. The Bertz CT molecular complexity index is 1810. The Labute approximate surface area is 227 Å². The van der Waals surface area contributed by atoms with Crippen molar-refractivity contribution in [2.75, 3.05) is 19.5 Å². The Morgan fingerprint density at radius 2 is 1.60 bits per heavy atom. The summed E-state index contributed by atoms with van der Waals surface area (Å²) in [6, 6.07) is 14.2. The number of hydrogen-bond acceptors (Lipinski definition) is 6. The van der Waals surface area contributed by atoms with Crippen LogP contribution in [-0.4, -0.2) is 34.5 Å². The molecule has 0 radical (unpaired) electrons. The molecule has 1 amide bonds. The van der Waals surface area contributed by atoms with E-state index in [-0.39, 0.29) is 17.0 Å². The van der Waals surface area contributed by atoms with Crippen LogP contribution in [0.3, 0.4) is 0 Å². The Balaban J connectivity index is 1.41. The number of nitrogens with one attached hydrogen (secondary N) is 1. The number of benzene rings is 3. The van der Waals surface area contributed by atoms with Crippen molar-refractivity contribution in [3.05, 3.63) is 100 Å². The minimum Gasteiger partial charge on any atom is -0.493 e. The first-order chi connectivity index (χ1) is 19.2. The molecule has 0 saturated heterocycles. The summed E-state index contributed by atoms with van der Waals surface area (Å²) >= 11 is 0. The van der Waals surface area contributed by atoms with Gasteiger partial charge in [0.1, 0.15) is 17.1 Å². The molecule has 0 aliphatic heterocycles. The summed E-state index contributed by atoms with van der Waals surface area (Å²) in [4.78, 5) is 30.5. The number of carbonyl (C=O) groups is 1. The Kier molecular flexibility index (Phi) is 6.95. The van der Waals surface area contributed by atoms with E-state index in [0.717, 1.165) is 6.07 Å². The molecule has 0 bridgehead atoms. The second-order valence-corrected chi connectivity index (χ2v) is 8.81. The zero-order valence-corrected chi connectivity index (χ0v) is 22.0. The molecule has 1 N–H and O–H groups in total. The van der Waals surface area contributed by atoms with Gasteiger partial charge in [-0.1, -0.05) is 0 Å². The van der Waals surface area contributed by atoms with Gasteiger partial charge in [-0.05, 0) is 55.5 Å². The number of halogens is 2. The number of carbonyl (C=O) groups excluding carboxylic acids is 1. The fourth-order valence-corrected chi connectivity index (χ4v) is 4.35. The van der Waals surface area contributed by atoms with Crippen molar-refractivity contribution in [1.82, 2.24) is 14.3 Å². The lowest BCUT2D eigenvalue weighted by Gasteiger charge is -2.13. The van der Waals surface area contributed by atoms with Crippen molar-refractivity contribution in [2.24, 2.45) is 7.05 Å². The van der Waals surface area contributed by atoms with Gasteiger partial charge in [0.15, 0.2) is 23.1 Å². The van der Waals surface area contributed by atoms with Gasteiger partial charge < -0.3 is 19.5 Å². The quantitative estimate of drug-likeness (QED) is 0.295. The largest absolute Gasteiger partial charge is 0.493 e. The molecule has 3 aromatic carbocycles. The highest BCUT2D eigenvalue weighted by Crippen LogP contribution is 2.37. The molecule has 5 rings (SSSR count). The van der Waals surface area contributed by atoms with E-state index in [1.807, 2.05) is 0 Å². The van der Waals surface area contributed by atoms with Gasteiger partial charge in [0.2, 0.25) is 0 Å². The van der Waals surface area contributed by atoms with Gasteiger partial charge in [-0.15, -0.1) is 0 Å². The number of ether oxygens (including phenoxy) is 3. The van der Waals surface area contributed by atoms with Gasteiger partial charge in [0.05, 0.1) is 31.1 Å². The molecular weight excluding hydrogens is 522 g/mol. The van der Waals surface area contributed by atoms with E-state index in [1.54, 1.807) is 32.2 Å². The van der Waals surface area contributed by atoms with Crippen LogP contribution in [0, 0.1) is 18.6 Å². The summed E-state index contributed by atoms with van der Waals surface area (Å²) in [6.07, 6.45) is 1.52. The predicted octanol–water partition coefficient (Wildman–Crippen LogP) is 5.37. The van der Waals surface area contributed by atoms with E-state index in [0.29, 0.717) is 39.5 Å². The highest BCUT2D eigenvalue weighted by molar-refractivity contribution is 6.05. The third-order valence-corrected chi connectivity index (χ3v) is 6.47. The molecule has 0 unspecified atom stereocenters. The molecule has 5 aromatic rings. The van der Waals surface area contributed by atoms with Crippen molar-refractivity contribution in [2.45, 2.75) is 6.92 Å².